The van der Waals surface area contributed by atoms with Crippen molar-refractivity contribution in [3.63, 3.8) is 0 Å². The summed E-state index contributed by atoms with van der Waals surface area (Å²) in [5, 5.41) is 3.02. The van der Waals surface area contributed by atoms with Crippen LogP contribution in [0, 0.1) is 11.8 Å². The fourth-order valence-corrected chi connectivity index (χ4v) is 3.53. The summed E-state index contributed by atoms with van der Waals surface area (Å²) in [5.41, 5.74) is 7.31. The number of rotatable bonds is 8. The second-order valence-electron chi connectivity index (χ2n) is 6.21. The van der Waals surface area contributed by atoms with Crippen molar-refractivity contribution in [2.45, 2.75) is 43.7 Å². The minimum Gasteiger partial charge on any atom is -0.354 e. The summed E-state index contributed by atoms with van der Waals surface area (Å²) >= 11 is 1.71. The highest BCUT2D eigenvalue weighted by Gasteiger charge is 2.29. The van der Waals surface area contributed by atoms with E-state index in [1.807, 2.05) is 18.2 Å². The monoisotopic (exact) mass is 306 g/mol. The van der Waals surface area contributed by atoms with Gasteiger partial charge in [0.05, 0.1) is 5.25 Å². The summed E-state index contributed by atoms with van der Waals surface area (Å²) < 4.78 is 0. The lowest BCUT2D eigenvalue weighted by atomic mass is 10.1. The SMILES string of the molecule is CC(C)C(SCc1ccccc1)C(=O)NCC(N)C1CC1. The molecule has 4 heteroatoms. The van der Waals surface area contributed by atoms with E-state index >= 15 is 0 Å². The molecule has 1 aromatic rings. The Hall–Kier alpha value is -1.00. The number of carbonyl (C=O) groups excluding carboxylic acids is 1. The number of amides is 1. The van der Waals surface area contributed by atoms with Crippen LogP contribution in [0.4, 0.5) is 0 Å². The second-order valence-corrected chi connectivity index (χ2v) is 7.34. The molecule has 3 N–H and O–H groups in total. The molecule has 0 aromatic heterocycles. The van der Waals surface area contributed by atoms with Crippen LogP contribution in [0.5, 0.6) is 0 Å². The van der Waals surface area contributed by atoms with Gasteiger partial charge in [-0.15, -0.1) is 11.8 Å². The van der Waals surface area contributed by atoms with Gasteiger partial charge in [0.2, 0.25) is 5.91 Å². The van der Waals surface area contributed by atoms with Crippen molar-refractivity contribution in [3.8, 4) is 0 Å². The van der Waals surface area contributed by atoms with E-state index in [9.17, 15) is 4.79 Å². The minimum atomic E-state index is -0.0170. The molecule has 0 saturated heterocycles. The van der Waals surface area contributed by atoms with E-state index in [4.69, 9.17) is 5.73 Å². The van der Waals surface area contributed by atoms with E-state index in [0.717, 1.165) is 5.75 Å². The van der Waals surface area contributed by atoms with Crippen molar-refractivity contribution in [2.75, 3.05) is 6.54 Å². The third-order valence-corrected chi connectivity index (χ3v) is 5.49. The van der Waals surface area contributed by atoms with Crippen LogP contribution in [-0.2, 0) is 10.5 Å². The van der Waals surface area contributed by atoms with Crippen molar-refractivity contribution < 1.29 is 4.79 Å². The Labute approximate surface area is 132 Å². The maximum absolute atomic E-state index is 12.4. The van der Waals surface area contributed by atoms with Crippen LogP contribution in [-0.4, -0.2) is 23.7 Å². The topological polar surface area (TPSA) is 55.1 Å². The fraction of sp³-hybridized carbons (Fsp3) is 0.588. The first-order chi connectivity index (χ1) is 10.1. The first-order valence-electron chi connectivity index (χ1n) is 7.76. The van der Waals surface area contributed by atoms with Crippen molar-refractivity contribution in [2.24, 2.45) is 17.6 Å². The number of hydrogen-bond acceptors (Lipinski definition) is 3. The van der Waals surface area contributed by atoms with Crippen LogP contribution >= 0.6 is 11.8 Å². The maximum atomic E-state index is 12.4. The lowest BCUT2D eigenvalue weighted by molar-refractivity contribution is -0.121. The molecule has 1 aliphatic rings. The van der Waals surface area contributed by atoms with E-state index in [1.54, 1.807) is 11.8 Å². The zero-order valence-electron chi connectivity index (χ0n) is 12.9. The first-order valence-corrected chi connectivity index (χ1v) is 8.81. The Morgan fingerprint density at radius 2 is 2.00 bits per heavy atom. The van der Waals surface area contributed by atoms with Crippen molar-refractivity contribution in [1.82, 2.24) is 5.32 Å². The molecule has 3 nitrogen and oxygen atoms in total. The van der Waals surface area contributed by atoms with Crippen molar-refractivity contribution >= 4 is 17.7 Å². The molecule has 1 aromatic carbocycles. The van der Waals surface area contributed by atoms with Crippen LogP contribution in [0.3, 0.4) is 0 Å². The fourth-order valence-electron chi connectivity index (χ4n) is 2.34. The summed E-state index contributed by atoms with van der Waals surface area (Å²) in [6.45, 7) is 4.81. The van der Waals surface area contributed by atoms with Crippen molar-refractivity contribution in [3.05, 3.63) is 35.9 Å². The highest BCUT2D eigenvalue weighted by molar-refractivity contribution is 7.99. The van der Waals surface area contributed by atoms with Crippen LogP contribution in [0.25, 0.3) is 0 Å². The van der Waals surface area contributed by atoms with Gasteiger partial charge in [-0.25, -0.2) is 0 Å². The Morgan fingerprint density at radius 1 is 1.33 bits per heavy atom. The lowest BCUT2D eigenvalue weighted by Gasteiger charge is -2.21. The van der Waals surface area contributed by atoms with Crippen molar-refractivity contribution in [1.29, 1.82) is 0 Å². The van der Waals surface area contributed by atoms with E-state index in [0.29, 0.717) is 18.4 Å². The van der Waals surface area contributed by atoms with Gasteiger partial charge in [-0.05, 0) is 30.2 Å². The summed E-state index contributed by atoms with van der Waals surface area (Å²) in [5.74, 6) is 1.93. The Balaban J connectivity index is 1.81. The number of benzene rings is 1. The minimum absolute atomic E-state index is 0.0170. The lowest BCUT2D eigenvalue weighted by Crippen LogP contribution is -2.43. The largest absolute Gasteiger partial charge is 0.354 e. The normalized spacial score (nSPS) is 17.5. The van der Waals surface area contributed by atoms with Gasteiger partial charge >= 0.3 is 0 Å². The Kier molecular flexibility index (Phi) is 6.12. The second kappa shape index (κ2) is 7.85. The van der Waals surface area contributed by atoms with Gasteiger partial charge in [0, 0.05) is 18.3 Å². The molecule has 0 heterocycles. The van der Waals surface area contributed by atoms with E-state index < -0.39 is 0 Å². The van der Waals surface area contributed by atoms with Gasteiger partial charge < -0.3 is 11.1 Å². The smallest absolute Gasteiger partial charge is 0.233 e. The van der Waals surface area contributed by atoms with Crippen LogP contribution in [0.15, 0.2) is 30.3 Å². The average molecular weight is 306 g/mol. The molecule has 1 amide bonds. The molecule has 0 spiro atoms. The molecule has 1 fully saturated rings. The standard InChI is InChI=1S/C17H26N2OS/c1-12(2)16(21-11-13-6-4-3-5-7-13)17(20)19-10-15(18)14-8-9-14/h3-7,12,14-16H,8-11,18H2,1-2H3,(H,19,20). The van der Waals surface area contributed by atoms with E-state index in [2.05, 4.69) is 31.3 Å². The number of nitrogens with two attached hydrogens (primary N) is 1. The zero-order valence-corrected chi connectivity index (χ0v) is 13.7. The molecule has 1 saturated carbocycles. The van der Waals surface area contributed by atoms with Gasteiger partial charge in [0.1, 0.15) is 0 Å². The quantitative estimate of drug-likeness (QED) is 0.776. The summed E-state index contributed by atoms with van der Waals surface area (Å²) in [4.78, 5) is 12.4. The average Bonchev–Trinajstić information content (AvgIpc) is 3.30. The van der Waals surface area contributed by atoms with Crippen LogP contribution in [0.2, 0.25) is 0 Å². The molecule has 116 valence electrons. The number of carbonyl (C=O) groups is 1. The predicted octanol–water partition coefficient (Wildman–Crippen LogP) is 2.80. The molecule has 2 atom stereocenters. The van der Waals surface area contributed by atoms with Crippen LogP contribution in [0.1, 0.15) is 32.3 Å². The van der Waals surface area contributed by atoms with Gasteiger partial charge in [0.15, 0.2) is 0 Å². The molecule has 0 bridgehead atoms. The molecule has 2 rings (SSSR count). The van der Waals surface area contributed by atoms with Gasteiger partial charge in [-0.1, -0.05) is 44.2 Å². The Bertz CT molecular complexity index is 445. The molecule has 0 radical (unpaired) electrons. The summed E-state index contributed by atoms with van der Waals surface area (Å²) in [6, 6.07) is 10.4. The highest BCUT2D eigenvalue weighted by Crippen LogP contribution is 2.31. The third-order valence-electron chi connectivity index (χ3n) is 3.88. The van der Waals surface area contributed by atoms with Gasteiger partial charge in [0.25, 0.3) is 0 Å². The first kappa shape index (κ1) is 16.4. The Morgan fingerprint density at radius 3 is 2.57 bits per heavy atom. The number of hydrogen-bond donors (Lipinski definition) is 2. The number of nitrogens with one attached hydrogen (secondary N) is 1. The zero-order chi connectivity index (χ0) is 15.2. The summed E-state index contributed by atoms with van der Waals surface area (Å²) in [6.07, 6.45) is 2.43. The molecule has 2 unspecified atom stereocenters. The third kappa shape index (κ3) is 5.36. The molecular weight excluding hydrogens is 280 g/mol. The van der Waals surface area contributed by atoms with Crippen LogP contribution < -0.4 is 11.1 Å². The predicted molar refractivity (Wildman–Crippen MR) is 90.1 cm³/mol. The highest BCUT2D eigenvalue weighted by atomic mass is 32.2. The molecular formula is C17H26N2OS. The molecule has 0 aliphatic heterocycles. The molecule has 21 heavy (non-hydrogen) atoms. The maximum Gasteiger partial charge on any atom is 0.233 e. The number of thioether (sulfide) groups is 1. The van der Waals surface area contributed by atoms with E-state index in [-0.39, 0.29) is 17.2 Å². The van der Waals surface area contributed by atoms with E-state index in [1.165, 1.54) is 18.4 Å². The molecule has 1 aliphatic carbocycles. The van der Waals surface area contributed by atoms with Gasteiger partial charge in [-0.3, -0.25) is 4.79 Å². The van der Waals surface area contributed by atoms with Gasteiger partial charge in [-0.2, -0.15) is 0 Å². The summed E-state index contributed by atoms with van der Waals surface area (Å²) in [7, 11) is 0.